The molecule has 5 heteroatoms. The fourth-order valence-electron chi connectivity index (χ4n) is 1.49. The summed E-state index contributed by atoms with van der Waals surface area (Å²) in [6.07, 6.45) is 0.138. The summed E-state index contributed by atoms with van der Waals surface area (Å²) in [4.78, 5) is 11.4. The number of hydrogen-bond donors (Lipinski definition) is 1. The zero-order chi connectivity index (χ0) is 12.8. The number of hydrogen-bond acceptors (Lipinski definition) is 4. The van der Waals surface area contributed by atoms with Crippen molar-refractivity contribution in [3.05, 3.63) is 17.7 Å². The molecule has 0 aliphatic heterocycles. The van der Waals surface area contributed by atoms with E-state index >= 15 is 0 Å². The first-order valence-electron chi connectivity index (χ1n) is 5.16. The van der Waals surface area contributed by atoms with Crippen molar-refractivity contribution in [3.63, 3.8) is 0 Å². The van der Waals surface area contributed by atoms with Crippen molar-refractivity contribution in [1.82, 2.24) is 0 Å². The van der Waals surface area contributed by atoms with Gasteiger partial charge >= 0.3 is 5.97 Å². The molecule has 0 aromatic heterocycles. The molecule has 1 N–H and O–H groups in total. The number of thioether (sulfide) groups is 1. The second kappa shape index (κ2) is 6.39. The maximum Gasteiger partial charge on any atom is 0.304 e. The number of benzene rings is 1. The Balaban J connectivity index is 2.85. The van der Waals surface area contributed by atoms with Gasteiger partial charge in [0.05, 0.1) is 20.6 Å². The molecular formula is C12H16O4S. The summed E-state index contributed by atoms with van der Waals surface area (Å²) in [7, 11) is 3.21. The van der Waals surface area contributed by atoms with Crippen LogP contribution in [0.15, 0.2) is 17.0 Å². The molecule has 94 valence electrons. The summed E-state index contributed by atoms with van der Waals surface area (Å²) >= 11 is 1.47. The first kappa shape index (κ1) is 13.7. The Labute approximate surface area is 105 Å². The predicted molar refractivity (Wildman–Crippen MR) is 67.3 cm³/mol. The highest BCUT2D eigenvalue weighted by Gasteiger charge is 2.11. The minimum absolute atomic E-state index is 0.138. The van der Waals surface area contributed by atoms with Gasteiger partial charge in [-0.2, -0.15) is 0 Å². The maximum absolute atomic E-state index is 10.4. The third kappa shape index (κ3) is 3.56. The Morgan fingerprint density at radius 3 is 2.59 bits per heavy atom. The third-order valence-electron chi connectivity index (χ3n) is 2.32. The van der Waals surface area contributed by atoms with E-state index in [0.29, 0.717) is 5.75 Å². The number of methoxy groups -OCH3 is 2. The first-order chi connectivity index (χ1) is 8.10. The van der Waals surface area contributed by atoms with Crippen LogP contribution in [-0.2, 0) is 4.79 Å². The summed E-state index contributed by atoms with van der Waals surface area (Å²) in [5.41, 5.74) is 0.926. The van der Waals surface area contributed by atoms with Crippen LogP contribution in [0, 0.1) is 6.92 Å². The molecule has 0 atom stereocenters. The number of ether oxygens (including phenoxy) is 2. The lowest BCUT2D eigenvalue weighted by Crippen LogP contribution is -1.98. The highest BCUT2D eigenvalue weighted by Crippen LogP contribution is 2.37. The van der Waals surface area contributed by atoms with Crippen molar-refractivity contribution in [2.75, 3.05) is 20.0 Å². The second-order valence-electron chi connectivity index (χ2n) is 3.42. The smallest absolute Gasteiger partial charge is 0.304 e. The van der Waals surface area contributed by atoms with E-state index in [0.717, 1.165) is 22.0 Å². The molecule has 0 bridgehead atoms. The lowest BCUT2D eigenvalue weighted by Gasteiger charge is -2.13. The van der Waals surface area contributed by atoms with Crippen molar-refractivity contribution in [2.45, 2.75) is 18.2 Å². The van der Waals surface area contributed by atoms with Gasteiger partial charge in [0, 0.05) is 16.2 Å². The topological polar surface area (TPSA) is 55.8 Å². The average Bonchev–Trinajstić information content (AvgIpc) is 2.29. The quantitative estimate of drug-likeness (QED) is 0.793. The van der Waals surface area contributed by atoms with Crippen LogP contribution in [0.25, 0.3) is 0 Å². The molecule has 0 radical (unpaired) electrons. The average molecular weight is 256 g/mol. The molecule has 0 spiro atoms. The molecule has 0 aliphatic carbocycles. The second-order valence-corrected chi connectivity index (χ2v) is 4.55. The van der Waals surface area contributed by atoms with Crippen LogP contribution in [0.5, 0.6) is 11.5 Å². The minimum Gasteiger partial charge on any atom is -0.496 e. The SMILES string of the molecule is COc1ccc(SCCC(=O)O)c(OC)c1C. The molecule has 0 saturated heterocycles. The Bertz CT molecular complexity index is 404. The molecule has 4 nitrogen and oxygen atoms in total. The molecule has 1 aromatic carbocycles. The molecule has 0 amide bonds. The van der Waals surface area contributed by atoms with Crippen LogP contribution in [-0.4, -0.2) is 31.0 Å². The largest absolute Gasteiger partial charge is 0.496 e. The van der Waals surface area contributed by atoms with Crippen molar-refractivity contribution >= 4 is 17.7 Å². The Morgan fingerprint density at radius 1 is 1.35 bits per heavy atom. The monoisotopic (exact) mass is 256 g/mol. The summed E-state index contributed by atoms with van der Waals surface area (Å²) in [6, 6.07) is 3.75. The van der Waals surface area contributed by atoms with Crippen LogP contribution in [0.2, 0.25) is 0 Å². The van der Waals surface area contributed by atoms with E-state index in [4.69, 9.17) is 14.6 Å². The molecule has 0 heterocycles. The highest BCUT2D eigenvalue weighted by atomic mass is 32.2. The molecule has 1 aromatic rings. The van der Waals surface area contributed by atoms with E-state index in [1.807, 2.05) is 19.1 Å². The van der Waals surface area contributed by atoms with Gasteiger partial charge in [-0.3, -0.25) is 4.79 Å². The fourth-order valence-corrected chi connectivity index (χ4v) is 2.51. The van der Waals surface area contributed by atoms with Crippen molar-refractivity contribution in [1.29, 1.82) is 0 Å². The van der Waals surface area contributed by atoms with Gasteiger partial charge in [-0.25, -0.2) is 0 Å². The van der Waals surface area contributed by atoms with E-state index in [-0.39, 0.29) is 6.42 Å². The van der Waals surface area contributed by atoms with Gasteiger partial charge < -0.3 is 14.6 Å². The normalized spacial score (nSPS) is 10.1. The van der Waals surface area contributed by atoms with Gasteiger partial charge in [0.1, 0.15) is 11.5 Å². The van der Waals surface area contributed by atoms with Crippen molar-refractivity contribution in [2.24, 2.45) is 0 Å². The Hall–Kier alpha value is -1.36. The number of aliphatic carboxylic acids is 1. The van der Waals surface area contributed by atoms with Crippen LogP contribution >= 0.6 is 11.8 Å². The van der Waals surface area contributed by atoms with Crippen LogP contribution < -0.4 is 9.47 Å². The molecule has 0 fully saturated rings. The molecule has 1 rings (SSSR count). The first-order valence-corrected chi connectivity index (χ1v) is 6.15. The molecule has 0 saturated carbocycles. The summed E-state index contributed by atoms with van der Waals surface area (Å²) in [5, 5.41) is 8.59. The number of carboxylic acids is 1. The Morgan fingerprint density at radius 2 is 2.06 bits per heavy atom. The van der Waals surface area contributed by atoms with E-state index in [1.165, 1.54) is 11.8 Å². The molecular weight excluding hydrogens is 240 g/mol. The van der Waals surface area contributed by atoms with Gasteiger partial charge in [0.15, 0.2) is 0 Å². The summed E-state index contributed by atoms with van der Waals surface area (Å²) < 4.78 is 10.5. The van der Waals surface area contributed by atoms with Crippen molar-refractivity contribution < 1.29 is 19.4 Å². The van der Waals surface area contributed by atoms with E-state index in [2.05, 4.69) is 0 Å². The lowest BCUT2D eigenvalue weighted by atomic mass is 10.2. The molecule has 0 aliphatic rings. The van der Waals surface area contributed by atoms with E-state index in [1.54, 1.807) is 14.2 Å². The molecule has 0 unspecified atom stereocenters. The summed E-state index contributed by atoms with van der Waals surface area (Å²) in [6.45, 7) is 1.92. The fraction of sp³-hybridized carbons (Fsp3) is 0.417. The lowest BCUT2D eigenvalue weighted by molar-refractivity contribution is -0.136. The van der Waals surface area contributed by atoms with Crippen LogP contribution in [0.1, 0.15) is 12.0 Å². The summed E-state index contributed by atoms with van der Waals surface area (Å²) in [5.74, 6) is 1.25. The highest BCUT2D eigenvalue weighted by molar-refractivity contribution is 7.99. The third-order valence-corrected chi connectivity index (χ3v) is 3.36. The van der Waals surface area contributed by atoms with E-state index < -0.39 is 5.97 Å². The number of rotatable bonds is 6. The standard InChI is InChI=1S/C12H16O4S/c1-8-9(15-2)4-5-10(12(8)16-3)17-7-6-11(13)14/h4-5H,6-7H2,1-3H3,(H,13,14). The maximum atomic E-state index is 10.4. The number of carbonyl (C=O) groups is 1. The van der Waals surface area contributed by atoms with Gasteiger partial charge in [0.2, 0.25) is 0 Å². The zero-order valence-electron chi connectivity index (χ0n) is 10.1. The molecule has 17 heavy (non-hydrogen) atoms. The minimum atomic E-state index is -0.790. The zero-order valence-corrected chi connectivity index (χ0v) is 11.0. The van der Waals surface area contributed by atoms with Gasteiger partial charge in [-0.1, -0.05) is 0 Å². The van der Waals surface area contributed by atoms with E-state index in [9.17, 15) is 4.79 Å². The van der Waals surface area contributed by atoms with Gasteiger partial charge in [-0.05, 0) is 19.1 Å². The van der Waals surface area contributed by atoms with Gasteiger partial charge in [0.25, 0.3) is 0 Å². The van der Waals surface area contributed by atoms with Crippen LogP contribution in [0.4, 0.5) is 0 Å². The van der Waals surface area contributed by atoms with Crippen LogP contribution in [0.3, 0.4) is 0 Å². The van der Waals surface area contributed by atoms with Crippen molar-refractivity contribution in [3.8, 4) is 11.5 Å². The number of carboxylic acid groups (broad SMARTS) is 1. The Kier molecular flexibility index (Phi) is 5.15. The predicted octanol–water partition coefficient (Wildman–Crippen LogP) is 2.58. The van der Waals surface area contributed by atoms with Gasteiger partial charge in [-0.15, -0.1) is 11.8 Å².